The summed E-state index contributed by atoms with van der Waals surface area (Å²) < 4.78 is 46.5. The minimum absolute atomic E-state index is 0.00840. The lowest BCUT2D eigenvalue weighted by molar-refractivity contribution is -0.274. The van der Waals surface area contributed by atoms with Crippen molar-refractivity contribution >= 4 is 11.6 Å². The average Bonchev–Trinajstić information content (AvgIpc) is 2.95. The lowest BCUT2D eigenvalue weighted by Gasteiger charge is -2.24. The number of para-hydroxylation sites is 2. The summed E-state index contributed by atoms with van der Waals surface area (Å²) in [6, 6.07) is 5.56. The number of ether oxygens (including phenoxy) is 2. The smallest absolute Gasteiger partial charge is 0.404 e. The predicted molar refractivity (Wildman–Crippen MR) is 82.8 cm³/mol. The number of hydrogen-bond donors (Lipinski definition) is 3. The standard InChI is InChI=1S/C15H20F3N3O3/c16-15(17,18)24-12-4-2-1-3-11(12)21-13(19)20-9-14(5-7-22)6-8-23-10-14/h1-4,22H,5-10H2,(H3,19,20,21). The summed E-state index contributed by atoms with van der Waals surface area (Å²) in [5, 5.41) is 11.8. The zero-order valence-corrected chi connectivity index (χ0v) is 13.0. The summed E-state index contributed by atoms with van der Waals surface area (Å²) >= 11 is 0. The van der Waals surface area contributed by atoms with Crippen molar-refractivity contribution in [3.63, 3.8) is 0 Å². The maximum Gasteiger partial charge on any atom is 0.573 e. The van der Waals surface area contributed by atoms with Crippen LogP contribution in [-0.2, 0) is 4.74 Å². The van der Waals surface area contributed by atoms with Crippen LogP contribution in [0, 0.1) is 5.41 Å². The summed E-state index contributed by atoms with van der Waals surface area (Å²) in [4.78, 5) is 4.19. The molecule has 0 radical (unpaired) electrons. The molecular weight excluding hydrogens is 327 g/mol. The fraction of sp³-hybridized carbons (Fsp3) is 0.533. The van der Waals surface area contributed by atoms with Gasteiger partial charge in [0.05, 0.1) is 18.8 Å². The maximum atomic E-state index is 12.4. The largest absolute Gasteiger partial charge is 0.573 e. The molecule has 1 atom stereocenters. The Kier molecular flexibility index (Phi) is 5.89. The van der Waals surface area contributed by atoms with Gasteiger partial charge >= 0.3 is 6.36 Å². The highest BCUT2D eigenvalue weighted by atomic mass is 19.4. The Labute approximate surface area is 137 Å². The third kappa shape index (κ3) is 5.27. The van der Waals surface area contributed by atoms with Gasteiger partial charge in [0.1, 0.15) is 0 Å². The molecule has 2 rings (SSSR count). The molecule has 4 N–H and O–H groups in total. The van der Waals surface area contributed by atoms with Crippen molar-refractivity contribution in [1.82, 2.24) is 0 Å². The van der Waals surface area contributed by atoms with Crippen LogP contribution in [0.3, 0.4) is 0 Å². The zero-order chi connectivity index (χ0) is 17.6. The van der Waals surface area contributed by atoms with Gasteiger partial charge in [-0.1, -0.05) is 12.1 Å². The van der Waals surface area contributed by atoms with Crippen LogP contribution in [0.2, 0.25) is 0 Å². The molecule has 6 nitrogen and oxygen atoms in total. The molecule has 1 aliphatic rings. The Morgan fingerprint density at radius 3 is 2.79 bits per heavy atom. The van der Waals surface area contributed by atoms with E-state index in [1.54, 1.807) is 6.07 Å². The molecule has 9 heteroatoms. The molecule has 1 aromatic rings. The number of aliphatic hydroxyl groups is 1. The number of guanidine groups is 1. The Hall–Kier alpha value is -2.00. The van der Waals surface area contributed by atoms with Gasteiger partial charge in [-0.15, -0.1) is 13.2 Å². The van der Waals surface area contributed by atoms with Gasteiger partial charge in [-0.25, -0.2) is 0 Å². The van der Waals surface area contributed by atoms with Crippen LogP contribution in [0.4, 0.5) is 18.9 Å². The van der Waals surface area contributed by atoms with Gasteiger partial charge in [-0.2, -0.15) is 0 Å². The van der Waals surface area contributed by atoms with Crippen LogP contribution in [-0.4, -0.2) is 43.8 Å². The Morgan fingerprint density at radius 1 is 1.42 bits per heavy atom. The third-order valence-electron chi connectivity index (χ3n) is 3.79. The van der Waals surface area contributed by atoms with Crippen LogP contribution < -0.4 is 15.8 Å². The summed E-state index contributed by atoms with van der Waals surface area (Å²) in [5.74, 6) is -0.421. The lowest BCUT2D eigenvalue weighted by Crippen LogP contribution is -2.30. The summed E-state index contributed by atoms with van der Waals surface area (Å²) in [7, 11) is 0. The number of alkyl halides is 3. The summed E-state index contributed by atoms with van der Waals surface area (Å²) in [5.41, 5.74) is 5.55. The molecule has 0 aromatic heterocycles. The molecule has 0 bridgehead atoms. The number of anilines is 1. The number of nitrogens with two attached hydrogens (primary N) is 1. The Balaban J connectivity index is 2.05. The molecule has 1 unspecified atom stereocenters. The molecule has 24 heavy (non-hydrogen) atoms. The molecule has 1 aromatic carbocycles. The SMILES string of the molecule is NC(=NCC1(CCO)CCOC1)Nc1ccccc1OC(F)(F)F. The quantitative estimate of drug-likeness (QED) is 0.542. The van der Waals surface area contributed by atoms with E-state index in [1.165, 1.54) is 18.2 Å². The first-order valence-electron chi connectivity index (χ1n) is 7.44. The van der Waals surface area contributed by atoms with Crippen LogP contribution >= 0.6 is 0 Å². The van der Waals surface area contributed by atoms with Gasteiger partial charge in [0.2, 0.25) is 0 Å². The fourth-order valence-corrected chi connectivity index (χ4v) is 2.50. The van der Waals surface area contributed by atoms with Crippen molar-refractivity contribution in [3.05, 3.63) is 24.3 Å². The number of benzene rings is 1. The van der Waals surface area contributed by atoms with Crippen LogP contribution in [0.5, 0.6) is 5.75 Å². The first kappa shape index (κ1) is 18.3. The molecular formula is C15H20F3N3O3. The highest BCUT2D eigenvalue weighted by Gasteiger charge is 2.34. The van der Waals surface area contributed by atoms with E-state index in [2.05, 4.69) is 15.0 Å². The topological polar surface area (TPSA) is 89.1 Å². The van der Waals surface area contributed by atoms with E-state index in [1.807, 2.05) is 0 Å². The predicted octanol–water partition coefficient (Wildman–Crippen LogP) is 2.10. The molecule has 0 saturated carbocycles. The van der Waals surface area contributed by atoms with Crippen molar-refractivity contribution in [3.8, 4) is 5.75 Å². The van der Waals surface area contributed by atoms with Gasteiger partial charge in [0.15, 0.2) is 11.7 Å². The molecule has 0 amide bonds. The molecule has 0 aliphatic carbocycles. The van der Waals surface area contributed by atoms with Crippen molar-refractivity contribution in [1.29, 1.82) is 0 Å². The van der Waals surface area contributed by atoms with Gasteiger partial charge in [-0.05, 0) is 25.0 Å². The normalized spacial score (nSPS) is 21.8. The van der Waals surface area contributed by atoms with Crippen molar-refractivity contribution in [2.75, 3.05) is 31.7 Å². The number of rotatable bonds is 6. The number of nitrogens with zero attached hydrogens (tertiary/aromatic N) is 1. The molecule has 1 saturated heterocycles. The Bertz CT molecular complexity index is 573. The average molecular weight is 347 g/mol. The van der Waals surface area contributed by atoms with E-state index >= 15 is 0 Å². The van der Waals surface area contributed by atoms with E-state index in [9.17, 15) is 13.2 Å². The second kappa shape index (κ2) is 7.71. The maximum absolute atomic E-state index is 12.4. The van der Waals surface area contributed by atoms with E-state index < -0.39 is 12.1 Å². The van der Waals surface area contributed by atoms with Gasteiger partial charge in [-0.3, -0.25) is 4.99 Å². The van der Waals surface area contributed by atoms with Gasteiger partial charge in [0, 0.05) is 18.6 Å². The molecule has 0 spiro atoms. The second-order valence-electron chi connectivity index (χ2n) is 5.65. The molecule has 134 valence electrons. The van der Waals surface area contributed by atoms with Crippen molar-refractivity contribution < 1.29 is 27.8 Å². The van der Waals surface area contributed by atoms with Crippen LogP contribution in [0.1, 0.15) is 12.8 Å². The number of halogens is 3. The molecule has 1 heterocycles. The second-order valence-corrected chi connectivity index (χ2v) is 5.65. The van der Waals surface area contributed by atoms with Crippen LogP contribution in [0.15, 0.2) is 29.3 Å². The van der Waals surface area contributed by atoms with E-state index in [4.69, 9.17) is 15.6 Å². The number of hydrogen-bond acceptors (Lipinski definition) is 4. The Morgan fingerprint density at radius 2 is 2.17 bits per heavy atom. The van der Waals surface area contributed by atoms with Crippen molar-refractivity contribution in [2.45, 2.75) is 19.2 Å². The van der Waals surface area contributed by atoms with Gasteiger partial charge < -0.3 is 25.6 Å². The van der Waals surface area contributed by atoms with Gasteiger partial charge in [0.25, 0.3) is 0 Å². The van der Waals surface area contributed by atoms with Crippen LogP contribution in [0.25, 0.3) is 0 Å². The summed E-state index contributed by atoms with van der Waals surface area (Å²) in [6.45, 7) is 1.38. The van der Waals surface area contributed by atoms with Crippen molar-refractivity contribution in [2.24, 2.45) is 16.1 Å². The van der Waals surface area contributed by atoms with E-state index in [0.717, 1.165) is 6.42 Å². The monoisotopic (exact) mass is 347 g/mol. The van der Waals surface area contributed by atoms with E-state index in [-0.39, 0.29) is 23.7 Å². The molecule has 1 aliphatic heterocycles. The van der Waals surface area contributed by atoms with E-state index in [0.29, 0.717) is 26.2 Å². The first-order chi connectivity index (χ1) is 11.3. The highest BCUT2D eigenvalue weighted by molar-refractivity contribution is 5.93. The summed E-state index contributed by atoms with van der Waals surface area (Å²) in [6.07, 6.45) is -3.52. The fourth-order valence-electron chi connectivity index (χ4n) is 2.50. The lowest BCUT2D eigenvalue weighted by atomic mass is 9.84. The number of aliphatic imine (C=N–C) groups is 1. The highest BCUT2D eigenvalue weighted by Crippen LogP contribution is 2.33. The first-order valence-corrected chi connectivity index (χ1v) is 7.44. The minimum atomic E-state index is -4.80. The number of aliphatic hydroxyl groups excluding tert-OH is 1. The molecule has 1 fully saturated rings. The zero-order valence-electron chi connectivity index (χ0n) is 13.0. The third-order valence-corrected chi connectivity index (χ3v) is 3.79. The number of nitrogens with one attached hydrogen (secondary N) is 1. The minimum Gasteiger partial charge on any atom is -0.404 e.